The minimum absolute atomic E-state index is 0.104. The number of carbonyl (C=O) groups excluding carboxylic acids is 1. The quantitative estimate of drug-likeness (QED) is 0.809. The van der Waals surface area contributed by atoms with Crippen molar-refractivity contribution < 1.29 is 4.79 Å². The van der Waals surface area contributed by atoms with E-state index in [1.807, 2.05) is 13.8 Å². The Balaban J connectivity index is 1.99. The summed E-state index contributed by atoms with van der Waals surface area (Å²) >= 11 is 7.45. The van der Waals surface area contributed by atoms with Gasteiger partial charge in [0.1, 0.15) is 5.02 Å². The molecule has 0 fully saturated rings. The number of nitrogens with zero attached hydrogens (tertiary/aromatic N) is 3. The number of hydrogen-bond acceptors (Lipinski definition) is 4. The van der Waals surface area contributed by atoms with Gasteiger partial charge in [-0.1, -0.05) is 11.6 Å². The second-order valence-electron chi connectivity index (χ2n) is 5.17. The highest BCUT2D eigenvalue weighted by molar-refractivity contribution is 7.13. The summed E-state index contributed by atoms with van der Waals surface area (Å²) in [4.78, 5) is 31.3. The molecule has 2 aromatic heterocycles. The van der Waals surface area contributed by atoms with Gasteiger partial charge in [0.25, 0.3) is 11.5 Å². The van der Waals surface area contributed by atoms with Crippen LogP contribution in [-0.2, 0) is 20.1 Å². The fourth-order valence-electron chi connectivity index (χ4n) is 2.55. The third kappa shape index (κ3) is 2.18. The molecular weight excluding hydrogens is 310 g/mol. The Labute approximate surface area is 130 Å². The molecule has 0 aliphatic carbocycles. The first-order valence-electron chi connectivity index (χ1n) is 6.48. The van der Waals surface area contributed by atoms with Crippen molar-refractivity contribution in [2.24, 2.45) is 7.05 Å². The Kier molecular flexibility index (Phi) is 3.37. The summed E-state index contributed by atoms with van der Waals surface area (Å²) in [5.41, 5.74) is 2.36. The van der Waals surface area contributed by atoms with Crippen LogP contribution in [0.5, 0.6) is 0 Å². The largest absolute Gasteiger partial charge is 0.326 e. The molecular formula is C14H14ClN3O2S. The molecule has 0 N–H and O–H groups in total. The Morgan fingerprint density at radius 3 is 2.71 bits per heavy atom. The fourth-order valence-corrected chi connectivity index (χ4v) is 3.53. The molecule has 0 unspecified atom stereocenters. The molecule has 21 heavy (non-hydrogen) atoms. The van der Waals surface area contributed by atoms with Crippen molar-refractivity contribution in [2.75, 3.05) is 0 Å². The lowest BCUT2D eigenvalue weighted by Crippen LogP contribution is -2.26. The first kappa shape index (κ1) is 14.3. The van der Waals surface area contributed by atoms with Crippen molar-refractivity contribution in [3.8, 4) is 0 Å². The zero-order chi connectivity index (χ0) is 15.3. The third-order valence-electron chi connectivity index (χ3n) is 3.81. The number of hydrogen-bond donors (Lipinski definition) is 0. The first-order valence-corrected chi connectivity index (χ1v) is 7.68. The number of aromatic nitrogens is 2. The van der Waals surface area contributed by atoms with Gasteiger partial charge >= 0.3 is 0 Å². The first-order chi connectivity index (χ1) is 9.90. The number of amides is 1. The van der Waals surface area contributed by atoms with Gasteiger partial charge in [-0.25, -0.2) is 4.98 Å². The molecule has 1 aliphatic heterocycles. The highest BCUT2D eigenvalue weighted by atomic mass is 35.5. The molecule has 0 bridgehead atoms. The number of carbonyl (C=O) groups is 1. The minimum Gasteiger partial charge on any atom is -0.326 e. The van der Waals surface area contributed by atoms with Crippen LogP contribution in [-0.4, -0.2) is 20.4 Å². The molecule has 0 aromatic carbocycles. The van der Waals surface area contributed by atoms with Crippen LogP contribution in [0.4, 0.5) is 0 Å². The number of fused-ring (bicyclic) bond motifs is 1. The molecule has 0 radical (unpaired) electrons. The lowest BCUT2D eigenvalue weighted by atomic mass is 10.1. The van der Waals surface area contributed by atoms with Gasteiger partial charge in [0.15, 0.2) is 5.01 Å². The van der Waals surface area contributed by atoms with E-state index in [0.717, 1.165) is 21.7 Å². The topological polar surface area (TPSA) is 55.2 Å². The molecule has 0 saturated heterocycles. The van der Waals surface area contributed by atoms with Gasteiger partial charge in [0.2, 0.25) is 0 Å². The molecule has 0 spiro atoms. The normalized spacial score (nSPS) is 13.6. The van der Waals surface area contributed by atoms with Crippen LogP contribution in [0.25, 0.3) is 0 Å². The minimum atomic E-state index is -0.215. The van der Waals surface area contributed by atoms with E-state index in [4.69, 9.17) is 11.6 Å². The Bertz CT molecular complexity index is 809. The number of pyridine rings is 1. The van der Waals surface area contributed by atoms with Crippen LogP contribution in [0, 0.1) is 13.8 Å². The zero-order valence-electron chi connectivity index (χ0n) is 11.9. The smallest absolute Gasteiger partial charge is 0.283 e. The van der Waals surface area contributed by atoms with Gasteiger partial charge in [0.05, 0.1) is 6.54 Å². The molecule has 0 saturated carbocycles. The van der Waals surface area contributed by atoms with Crippen LogP contribution in [0.2, 0.25) is 5.02 Å². The van der Waals surface area contributed by atoms with Crippen molar-refractivity contribution in [1.82, 2.24) is 14.5 Å². The number of rotatable bonds is 1. The summed E-state index contributed by atoms with van der Waals surface area (Å²) in [6, 6.07) is 0. The average molecular weight is 324 g/mol. The van der Waals surface area contributed by atoms with Crippen LogP contribution < -0.4 is 5.56 Å². The van der Waals surface area contributed by atoms with E-state index in [1.165, 1.54) is 15.9 Å². The van der Waals surface area contributed by atoms with Crippen LogP contribution >= 0.6 is 22.9 Å². The summed E-state index contributed by atoms with van der Waals surface area (Å²) in [6.07, 6.45) is 1.69. The summed E-state index contributed by atoms with van der Waals surface area (Å²) in [5.74, 6) is -0.104. The van der Waals surface area contributed by atoms with E-state index >= 15 is 0 Å². The second-order valence-corrected chi connectivity index (χ2v) is 6.78. The van der Waals surface area contributed by atoms with E-state index in [9.17, 15) is 9.59 Å². The predicted molar refractivity (Wildman–Crippen MR) is 81.9 cm³/mol. The molecule has 1 amide bonds. The standard InChI is InChI=1S/C14H14ClN3O2S/c1-7-4-16-12(21-7)14(20)18-5-9-8(2)11(15)13(19)17(3)10(9)6-18/h4H,5-6H2,1-3H3. The summed E-state index contributed by atoms with van der Waals surface area (Å²) in [6.45, 7) is 4.62. The predicted octanol–water partition coefficient (Wildman–Crippen LogP) is 2.27. The van der Waals surface area contributed by atoms with Gasteiger partial charge in [-0.05, 0) is 25.0 Å². The zero-order valence-corrected chi connectivity index (χ0v) is 13.5. The Hall–Kier alpha value is -1.66. The molecule has 2 aromatic rings. The maximum Gasteiger partial charge on any atom is 0.283 e. The molecule has 7 heteroatoms. The lowest BCUT2D eigenvalue weighted by molar-refractivity contribution is 0.0749. The number of thiazole rings is 1. The van der Waals surface area contributed by atoms with Crippen molar-refractivity contribution in [3.05, 3.63) is 48.3 Å². The molecule has 5 nitrogen and oxygen atoms in total. The van der Waals surface area contributed by atoms with Crippen LogP contribution in [0.3, 0.4) is 0 Å². The molecule has 3 heterocycles. The monoisotopic (exact) mass is 323 g/mol. The van der Waals surface area contributed by atoms with E-state index in [0.29, 0.717) is 18.1 Å². The van der Waals surface area contributed by atoms with Crippen molar-refractivity contribution >= 4 is 28.8 Å². The maximum atomic E-state index is 12.5. The van der Waals surface area contributed by atoms with Gasteiger partial charge < -0.3 is 9.47 Å². The van der Waals surface area contributed by atoms with Crippen molar-refractivity contribution in [2.45, 2.75) is 26.9 Å². The highest BCUT2D eigenvalue weighted by Crippen LogP contribution is 2.29. The van der Waals surface area contributed by atoms with Gasteiger partial charge in [-0.2, -0.15) is 0 Å². The van der Waals surface area contributed by atoms with E-state index in [2.05, 4.69) is 4.98 Å². The third-order valence-corrected chi connectivity index (χ3v) is 5.15. The van der Waals surface area contributed by atoms with E-state index in [-0.39, 0.29) is 16.5 Å². The van der Waals surface area contributed by atoms with Gasteiger partial charge in [-0.15, -0.1) is 11.3 Å². The number of halogens is 1. The van der Waals surface area contributed by atoms with Crippen molar-refractivity contribution in [3.63, 3.8) is 0 Å². The van der Waals surface area contributed by atoms with Crippen LogP contribution in [0.15, 0.2) is 11.0 Å². The molecule has 0 atom stereocenters. The number of aryl methyl sites for hydroxylation is 1. The molecule has 3 rings (SSSR count). The highest BCUT2D eigenvalue weighted by Gasteiger charge is 2.30. The summed E-state index contributed by atoms with van der Waals surface area (Å²) in [5, 5.41) is 0.713. The summed E-state index contributed by atoms with van der Waals surface area (Å²) < 4.78 is 1.53. The molecule has 110 valence electrons. The van der Waals surface area contributed by atoms with E-state index in [1.54, 1.807) is 18.1 Å². The second kappa shape index (κ2) is 4.96. The molecule has 1 aliphatic rings. The average Bonchev–Trinajstić information content (AvgIpc) is 3.08. The maximum absolute atomic E-state index is 12.5. The Morgan fingerprint density at radius 1 is 1.38 bits per heavy atom. The SMILES string of the molecule is Cc1cnc(C(=O)N2Cc3c(C)c(Cl)c(=O)n(C)c3C2)s1. The van der Waals surface area contributed by atoms with Gasteiger partial charge in [-0.3, -0.25) is 9.59 Å². The van der Waals surface area contributed by atoms with Crippen molar-refractivity contribution in [1.29, 1.82) is 0 Å². The van der Waals surface area contributed by atoms with Crippen LogP contribution in [0.1, 0.15) is 31.5 Å². The summed E-state index contributed by atoms with van der Waals surface area (Å²) in [7, 11) is 1.69. The lowest BCUT2D eigenvalue weighted by Gasteiger charge is -2.13. The van der Waals surface area contributed by atoms with Gasteiger partial charge in [0, 0.05) is 30.4 Å². The van der Waals surface area contributed by atoms with E-state index < -0.39 is 0 Å². The Morgan fingerprint density at radius 2 is 2.10 bits per heavy atom. The fraction of sp³-hybridized carbons (Fsp3) is 0.357.